The van der Waals surface area contributed by atoms with E-state index in [9.17, 15) is 13.2 Å². The van der Waals surface area contributed by atoms with Gasteiger partial charge < -0.3 is 14.8 Å². The highest BCUT2D eigenvalue weighted by Gasteiger charge is 2.27. The van der Waals surface area contributed by atoms with Crippen LogP contribution in [0.4, 0.5) is 0 Å². The number of amides is 1. The number of nitrogens with one attached hydrogen (secondary N) is 2. The lowest BCUT2D eigenvalue weighted by Gasteiger charge is -2.20. The van der Waals surface area contributed by atoms with E-state index in [1.807, 2.05) is 30.5 Å². The molecular formula is C21H23N3O5S3. The van der Waals surface area contributed by atoms with Crippen LogP contribution < -0.4 is 19.5 Å². The fourth-order valence-electron chi connectivity index (χ4n) is 3.21. The number of thioether (sulfide) groups is 1. The van der Waals surface area contributed by atoms with Gasteiger partial charge in [-0.15, -0.1) is 11.3 Å². The molecule has 4 rings (SSSR count). The highest BCUT2D eigenvalue weighted by Crippen LogP contribution is 2.32. The summed E-state index contributed by atoms with van der Waals surface area (Å²) in [6.07, 6.45) is 2.27. The van der Waals surface area contributed by atoms with Crippen molar-refractivity contribution in [3.63, 3.8) is 0 Å². The molecule has 32 heavy (non-hydrogen) atoms. The van der Waals surface area contributed by atoms with E-state index < -0.39 is 16.1 Å². The third-order valence-electron chi connectivity index (χ3n) is 4.80. The third kappa shape index (κ3) is 5.34. The van der Waals surface area contributed by atoms with Crippen molar-refractivity contribution in [3.8, 4) is 11.5 Å². The van der Waals surface area contributed by atoms with E-state index in [1.165, 1.54) is 23.5 Å². The summed E-state index contributed by atoms with van der Waals surface area (Å²) in [5.41, 5.74) is 0.875. The van der Waals surface area contributed by atoms with Crippen LogP contribution in [0.3, 0.4) is 0 Å². The largest absolute Gasteiger partial charge is 0.486 e. The third-order valence-corrected chi connectivity index (χ3v) is 7.95. The van der Waals surface area contributed by atoms with Gasteiger partial charge in [0.05, 0.1) is 21.7 Å². The number of thiazole rings is 1. The highest BCUT2D eigenvalue weighted by atomic mass is 32.2. The normalized spacial score (nSPS) is 14.3. The zero-order valence-corrected chi connectivity index (χ0v) is 19.8. The number of nitrogens with zero attached hydrogens (tertiary/aromatic N) is 1. The summed E-state index contributed by atoms with van der Waals surface area (Å²) in [5.74, 6) is 1.12. The highest BCUT2D eigenvalue weighted by molar-refractivity contribution is 7.98. The smallest absolute Gasteiger partial charge is 0.241 e. The van der Waals surface area contributed by atoms with Crippen LogP contribution in [-0.2, 0) is 21.4 Å². The van der Waals surface area contributed by atoms with Crippen molar-refractivity contribution >= 4 is 49.2 Å². The van der Waals surface area contributed by atoms with Crippen molar-refractivity contribution in [2.45, 2.75) is 23.9 Å². The molecular weight excluding hydrogens is 470 g/mol. The number of rotatable bonds is 9. The lowest BCUT2D eigenvalue weighted by atomic mass is 10.2. The van der Waals surface area contributed by atoms with E-state index in [0.29, 0.717) is 36.9 Å². The Kier molecular flexibility index (Phi) is 7.19. The first-order valence-electron chi connectivity index (χ1n) is 9.99. The van der Waals surface area contributed by atoms with Crippen molar-refractivity contribution in [1.82, 2.24) is 15.0 Å². The van der Waals surface area contributed by atoms with Gasteiger partial charge in [0.2, 0.25) is 15.9 Å². The Bertz CT molecular complexity index is 1180. The molecule has 3 aromatic rings. The van der Waals surface area contributed by atoms with Gasteiger partial charge in [-0.1, -0.05) is 12.1 Å². The Morgan fingerprint density at radius 2 is 1.97 bits per heavy atom. The molecule has 1 aromatic heterocycles. The Labute approximate surface area is 194 Å². The van der Waals surface area contributed by atoms with Crippen molar-refractivity contribution in [3.05, 3.63) is 47.5 Å². The van der Waals surface area contributed by atoms with Crippen molar-refractivity contribution in [1.29, 1.82) is 0 Å². The van der Waals surface area contributed by atoms with Crippen LogP contribution in [0, 0.1) is 0 Å². The number of para-hydroxylation sites is 1. The van der Waals surface area contributed by atoms with E-state index >= 15 is 0 Å². The Balaban J connectivity index is 1.46. The van der Waals surface area contributed by atoms with E-state index in [-0.39, 0.29) is 17.3 Å². The standard InChI is InChI=1S/C21H23N3O5S3/c1-30-11-8-16(21(25)22-13-20-23-15-4-2-3-5-19(15)31-20)24-32(26,27)14-6-7-17-18(12-14)29-10-9-28-17/h2-7,12,16,24H,8-11,13H2,1H3,(H,22,25). The molecule has 0 saturated carbocycles. The Morgan fingerprint density at radius 1 is 1.19 bits per heavy atom. The van der Waals surface area contributed by atoms with Crippen LogP contribution in [0.15, 0.2) is 47.4 Å². The molecule has 2 aromatic carbocycles. The molecule has 1 atom stereocenters. The molecule has 8 nitrogen and oxygen atoms in total. The van der Waals surface area contributed by atoms with Gasteiger partial charge in [0.15, 0.2) is 11.5 Å². The quantitative estimate of drug-likeness (QED) is 0.472. The monoisotopic (exact) mass is 493 g/mol. The number of carbonyl (C=O) groups is 1. The van der Waals surface area contributed by atoms with Crippen molar-refractivity contribution in [2.24, 2.45) is 0 Å². The SMILES string of the molecule is CSCCC(NS(=O)(=O)c1ccc2c(c1)OCCO2)C(=O)NCc1nc2ccccc2s1. The fourth-order valence-corrected chi connectivity index (χ4v) is 5.83. The van der Waals surface area contributed by atoms with Crippen LogP contribution in [0.1, 0.15) is 11.4 Å². The minimum atomic E-state index is -3.94. The van der Waals surface area contributed by atoms with Gasteiger partial charge in [0, 0.05) is 6.07 Å². The lowest BCUT2D eigenvalue weighted by molar-refractivity contribution is -0.122. The maximum atomic E-state index is 13.0. The van der Waals surface area contributed by atoms with Crippen LogP contribution >= 0.6 is 23.1 Å². The maximum Gasteiger partial charge on any atom is 0.241 e. The molecule has 170 valence electrons. The summed E-state index contributed by atoms with van der Waals surface area (Å²) in [7, 11) is -3.94. The summed E-state index contributed by atoms with van der Waals surface area (Å²) in [6, 6.07) is 11.3. The second-order valence-electron chi connectivity index (χ2n) is 7.05. The number of benzene rings is 2. The van der Waals surface area contributed by atoms with Gasteiger partial charge in [-0.2, -0.15) is 16.5 Å². The average molecular weight is 494 g/mol. The first-order valence-corrected chi connectivity index (χ1v) is 13.7. The number of carbonyl (C=O) groups excluding carboxylic acids is 1. The van der Waals surface area contributed by atoms with Crippen LogP contribution in [0.5, 0.6) is 11.5 Å². The van der Waals surface area contributed by atoms with E-state index in [4.69, 9.17) is 9.47 Å². The topological polar surface area (TPSA) is 107 Å². The van der Waals surface area contributed by atoms with Gasteiger partial charge in [0.1, 0.15) is 24.3 Å². The maximum absolute atomic E-state index is 13.0. The minimum Gasteiger partial charge on any atom is -0.486 e. The molecule has 1 aliphatic rings. The van der Waals surface area contributed by atoms with Gasteiger partial charge >= 0.3 is 0 Å². The molecule has 0 aliphatic carbocycles. The predicted octanol–water partition coefficient (Wildman–Crippen LogP) is 2.78. The van der Waals surface area contributed by atoms with Crippen molar-refractivity contribution in [2.75, 3.05) is 25.2 Å². The predicted molar refractivity (Wildman–Crippen MR) is 126 cm³/mol. The van der Waals surface area contributed by atoms with Crippen molar-refractivity contribution < 1.29 is 22.7 Å². The van der Waals surface area contributed by atoms with Gasteiger partial charge in [-0.3, -0.25) is 4.79 Å². The van der Waals surface area contributed by atoms with E-state index in [1.54, 1.807) is 17.8 Å². The Morgan fingerprint density at radius 3 is 2.75 bits per heavy atom. The van der Waals surface area contributed by atoms with Crippen LogP contribution in [0.25, 0.3) is 10.2 Å². The molecule has 1 amide bonds. The number of ether oxygens (including phenoxy) is 2. The molecule has 1 aliphatic heterocycles. The van der Waals surface area contributed by atoms with Gasteiger partial charge in [0.25, 0.3) is 0 Å². The Hall–Kier alpha value is -2.34. The summed E-state index contributed by atoms with van der Waals surface area (Å²) in [4.78, 5) is 17.4. The molecule has 0 radical (unpaired) electrons. The molecule has 11 heteroatoms. The molecule has 0 bridgehead atoms. The van der Waals surface area contributed by atoms with Crippen LogP contribution in [-0.4, -0.2) is 50.6 Å². The second-order valence-corrected chi connectivity index (χ2v) is 10.9. The molecule has 0 fully saturated rings. The average Bonchev–Trinajstić information content (AvgIpc) is 3.23. The molecule has 2 N–H and O–H groups in total. The first kappa shape index (κ1) is 22.8. The molecule has 2 heterocycles. The number of fused-ring (bicyclic) bond motifs is 2. The van der Waals surface area contributed by atoms with E-state index in [2.05, 4.69) is 15.0 Å². The zero-order valence-electron chi connectivity index (χ0n) is 17.4. The van der Waals surface area contributed by atoms with E-state index in [0.717, 1.165) is 15.2 Å². The van der Waals surface area contributed by atoms with Gasteiger partial charge in [-0.25, -0.2) is 13.4 Å². The molecule has 0 spiro atoms. The number of hydrogen-bond donors (Lipinski definition) is 2. The number of aromatic nitrogens is 1. The summed E-state index contributed by atoms with van der Waals surface area (Å²) in [5, 5.41) is 3.58. The van der Waals surface area contributed by atoms with Gasteiger partial charge in [-0.05, 0) is 42.7 Å². The lowest BCUT2D eigenvalue weighted by Crippen LogP contribution is -2.46. The second kappa shape index (κ2) is 10.1. The fraction of sp³-hybridized carbons (Fsp3) is 0.333. The number of hydrogen-bond acceptors (Lipinski definition) is 8. The van der Waals surface area contributed by atoms with Crippen LogP contribution in [0.2, 0.25) is 0 Å². The summed E-state index contributed by atoms with van der Waals surface area (Å²) < 4.78 is 40.5. The molecule has 1 unspecified atom stereocenters. The summed E-state index contributed by atoms with van der Waals surface area (Å²) in [6.45, 7) is 1.01. The molecule has 0 saturated heterocycles. The number of sulfonamides is 1. The first-order chi connectivity index (χ1) is 15.5. The summed E-state index contributed by atoms with van der Waals surface area (Å²) >= 11 is 3.04. The minimum absolute atomic E-state index is 0.0230. The zero-order chi connectivity index (χ0) is 22.6.